The molecule has 0 aromatic carbocycles. The van der Waals surface area contributed by atoms with E-state index in [1.807, 2.05) is 0 Å². The van der Waals surface area contributed by atoms with Crippen LogP contribution in [0.25, 0.3) is 0 Å². The fourth-order valence-corrected chi connectivity index (χ4v) is 7.07. The van der Waals surface area contributed by atoms with Gasteiger partial charge in [0, 0.05) is 0 Å². The zero-order valence-corrected chi connectivity index (χ0v) is 20.2. The van der Waals surface area contributed by atoms with E-state index in [2.05, 4.69) is 76.2 Å². The lowest BCUT2D eigenvalue weighted by Crippen LogP contribution is -2.38. The van der Waals surface area contributed by atoms with Crippen LogP contribution in [0.3, 0.4) is 0 Å². The van der Waals surface area contributed by atoms with Gasteiger partial charge in [-0.3, -0.25) is 0 Å². The minimum Gasteiger partial charge on any atom is -0.0599 e. The van der Waals surface area contributed by atoms with Gasteiger partial charge in [0.05, 0.1) is 0 Å². The summed E-state index contributed by atoms with van der Waals surface area (Å²) in [6, 6.07) is 0. The topological polar surface area (TPSA) is 0 Å². The minimum absolute atomic E-state index is 0.481. The highest BCUT2D eigenvalue weighted by molar-refractivity contribution is 5.01. The van der Waals surface area contributed by atoms with E-state index in [9.17, 15) is 0 Å². The molecule has 3 atom stereocenters. The molecule has 0 nitrogen and oxygen atoms in total. The Morgan fingerprint density at radius 2 is 1.15 bits per heavy atom. The predicted molar refractivity (Wildman–Crippen MR) is 117 cm³/mol. The molecule has 3 saturated carbocycles. The van der Waals surface area contributed by atoms with Crippen LogP contribution in [-0.4, -0.2) is 0 Å². The molecule has 3 fully saturated rings. The Hall–Kier alpha value is 0. The Kier molecular flexibility index (Phi) is 5.83. The molecule has 154 valence electrons. The van der Waals surface area contributed by atoms with Crippen LogP contribution < -0.4 is 0 Å². The van der Waals surface area contributed by atoms with Gasteiger partial charge in [-0.15, -0.1) is 0 Å². The number of rotatable bonds is 0. The fourth-order valence-electron chi connectivity index (χ4n) is 7.07. The van der Waals surface area contributed by atoms with Gasteiger partial charge < -0.3 is 0 Å². The third kappa shape index (κ3) is 5.51. The maximum atomic E-state index is 2.50. The van der Waals surface area contributed by atoms with Crippen molar-refractivity contribution in [3.63, 3.8) is 0 Å². The summed E-state index contributed by atoms with van der Waals surface area (Å²) in [5, 5.41) is 0. The zero-order valence-electron chi connectivity index (χ0n) is 20.2. The average molecular weight is 363 g/mol. The Morgan fingerprint density at radius 1 is 0.654 bits per heavy atom. The van der Waals surface area contributed by atoms with Crippen LogP contribution in [0.15, 0.2) is 0 Å². The molecule has 0 aromatic heterocycles. The van der Waals surface area contributed by atoms with Crippen LogP contribution in [0, 0.1) is 44.8 Å². The van der Waals surface area contributed by atoms with Gasteiger partial charge in [0.1, 0.15) is 0 Å². The number of fused-ring (bicyclic) bond motifs is 2. The highest BCUT2D eigenvalue weighted by Gasteiger charge is 2.50. The molecule has 3 aliphatic rings. The van der Waals surface area contributed by atoms with Crippen LogP contribution >= 0.6 is 0 Å². The molecule has 26 heavy (non-hydrogen) atoms. The third-order valence-corrected chi connectivity index (χ3v) is 8.05. The van der Waals surface area contributed by atoms with Gasteiger partial charge in [-0.25, -0.2) is 0 Å². The second kappa shape index (κ2) is 6.81. The molecule has 3 aliphatic carbocycles. The first-order valence-electron chi connectivity index (χ1n) is 11.4. The minimum atomic E-state index is 0.481. The molecule has 0 spiro atoms. The van der Waals surface area contributed by atoms with Gasteiger partial charge in [-0.2, -0.15) is 0 Å². The molecular weight excluding hydrogens is 312 g/mol. The van der Waals surface area contributed by atoms with Gasteiger partial charge in [0.25, 0.3) is 0 Å². The molecule has 0 heterocycles. The van der Waals surface area contributed by atoms with Crippen LogP contribution in [0.4, 0.5) is 0 Å². The lowest BCUT2D eigenvalue weighted by atomic mass is 9.56. The first-order valence-corrected chi connectivity index (χ1v) is 11.4. The van der Waals surface area contributed by atoms with Crippen LogP contribution in [-0.2, 0) is 0 Å². The quantitative estimate of drug-likeness (QED) is 0.404. The maximum absolute atomic E-state index is 2.50. The maximum Gasteiger partial charge on any atom is -0.0320 e. The third-order valence-electron chi connectivity index (χ3n) is 8.05. The number of hydrogen-bond acceptors (Lipinski definition) is 0. The van der Waals surface area contributed by atoms with E-state index in [-0.39, 0.29) is 0 Å². The second-order valence-corrected chi connectivity index (χ2v) is 14.5. The summed E-state index contributed by atoms with van der Waals surface area (Å²) in [5.41, 5.74) is 2.86. The predicted octanol–water partition coefficient (Wildman–Crippen LogP) is 8.74. The zero-order chi connectivity index (χ0) is 20.2. The monoisotopic (exact) mass is 362 g/mol. The van der Waals surface area contributed by atoms with Crippen molar-refractivity contribution in [1.29, 1.82) is 0 Å². The van der Waals surface area contributed by atoms with Crippen molar-refractivity contribution in [2.45, 2.75) is 121 Å². The van der Waals surface area contributed by atoms with Crippen molar-refractivity contribution in [2.24, 2.45) is 44.8 Å². The first kappa shape index (κ1) is 22.3. The Labute approximate surface area is 166 Å². The molecule has 3 rings (SSSR count). The molecule has 0 aromatic rings. The van der Waals surface area contributed by atoms with E-state index in [0.717, 1.165) is 23.2 Å². The Bertz CT molecular complexity index is 465. The molecule has 0 heteroatoms. The molecule has 0 radical (unpaired) electrons. The summed E-state index contributed by atoms with van der Waals surface area (Å²) < 4.78 is 0. The molecule has 2 bridgehead atoms. The van der Waals surface area contributed by atoms with Crippen molar-refractivity contribution in [3.8, 4) is 0 Å². The van der Waals surface area contributed by atoms with Crippen LogP contribution in [0.1, 0.15) is 121 Å². The van der Waals surface area contributed by atoms with E-state index in [1.54, 1.807) is 0 Å². The van der Waals surface area contributed by atoms with E-state index in [1.165, 1.54) is 44.9 Å². The average Bonchev–Trinajstić information content (AvgIpc) is 2.89. The summed E-state index contributed by atoms with van der Waals surface area (Å²) in [4.78, 5) is 0. The first-order chi connectivity index (χ1) is 11.4. The largest absolute Gasteiger partial charge is 0.0599 e. The lowest BCUT2D eigenvalue weighted by Gasteiger charge is -2.49. The van der Waals surface area contributed by atoms with Crippen LogP contribution in [0.5, 0.6) is 0 Å². The SMILES string of the molecule is CC(C)(C)C1C[C@@]2(C)CC[C@@H]1C2.CC1(C)CC(C(C)(C)C)CC(C)(C)C1. The standard InChI is InChI=1S/C14H28.C12H22/c1-12(2,3)11-8-13(4,5)10-14(6,7)9-11;1-11(2,3)10-8-12(4)6-5-9(10)7-12/h11H,8-10H2,1-7H3;9-10H,5-8H2,1-4H3/t;9-,10?,12+/m.1/s1. The smallest absolute Gasteiger partial charge is 0.0320 e. The van der Waals surface area contributed by atoms with E-state index >= 15 is 0 Å². The van der Waals surface area contributed by atoms with Gasteiger partial charge in [-0.05, 0) is 89.8 Å². The van der Waals surface area contributed by atoms with Gasteiger partial charge in [0.2, 0.25) is 0 Å². The number of hydrogen-bond donors (Lipinski definition) is 0. The highest BCUT2D eigenvalue weighted by Crippen LogP contribution is 2.61. The van der Waals surface area contributed by atoms with E-state index in [0.29, 0.717) is 21.7 Å². The van der Waals surface area contributed by atoms with E-state index in [4.69, 9.17) is 0 Å². The van der Waals surface area contributed by atoms with Gasteiger partial charge >= 0.3 is 0 Å². The molecule has 0 saturated heterocycles. The highest BCUT2D eigenvalue weighted by atomic mass is 14.6. The van der Waals surface area contributed by atoms with Crippen molar-refractivity contribution in [2.75, 3.05) is 0 Å². The molecule has 1 unspecified atom stereocenters. The Balaban J connectivity index is 0.000000189. The van der Waals surface area contributed by atoms with Gasteiger partial charge in [-0.1, -0.05) is 76.2 Å². The molecular formula is C26H50. The molecule has 0 N–H and O–H groups in total. The van der Waals surface area contributed by atoms with Crippen LogP contribution in [0.2, 0.25) is 0 Å². The summed E-state index contributed by atoms with van der Waals surface area (Å²) in [6.07, 6.45) is 10.2. The van der Waals surface area contributed by atoms with Crippen molar-refractivity contribution >= 4 is 0 Å². The van der Waals surface area contributed by atoms with Gasteiger partial charge in [0.15, 0.2) is 0 Å². The summed E-state index contributed by atoms with van der Waals surface area (Å²) in [7, 11) is 0. The fraction of sp³-hybridized carbons (Fsp3) is 1.00. The van der Waals surface area contributed by atoms with Crippen molar-refractivity contribution < 1.29 is 0 Å². The van der Waals surface area contributed by atoms with Crippen molar-refractivity contribution in [1.82, 2.24) is 0 Å². The summed E-state index contributed by atoms with van der Waals surface area (Å²) in [5.74, 6) is 2.97. The Morgan fingerprint density at radius 3 is 1.42 bits per heavy atom. The summed E-state index contributed by atoms with van der Waals surface area (Å²) in [6.45, 7) is 26.7. The second-order valence-electron chi connectivity index (χ2n) is 14.5. The summed E-state index contributed by atoms with van der Waals surface area (Å²) >= 11 is 0. The molecule has 0 aliphatic heterocycles. The van der Waals surface area contributed by atoms with Crippen molar-refractivity contribution in [3.05, 3.63) is 0 Å². The lowest BCUT2D eigenvalue weighted by molar-refractivity contribution is 0.0162. The molecule has 0 amide bonds. The van der Waals surface area contributed by atoms with E-state index < -0.39 is 0 Å². The normalized spacial score (nSPS) is 36.6.